The lowest BCUT2D eigenvalue weighted by Crippen LogP contribution is -2.63. The van der Waals surface area contributed by atoms with Crippen molar-refractivity contribution in [3.63, 3.8) is 0 Å². The molecule has 0 radical (unpaired) electrons. The zero-order valence-corrected chi connectivity index (χ0v) is 12.7. The van der Waals surface area contributed by atoms with Crippen LogP contribution in [0.4, 0.5) is 0 Å². The first-order chi connectivity index (χ1) is 9.33. The molecule has 0 bridgehead atoms. The van der Waals surface area contributed by atoms with Gasteiger partial charge in [0.25, 0.3) is 0 Å². The van der Waals surface area contributed by atoms with Crippen molar-refractivity contribution in [2.45, 2.75) is 70.9 Å². The van der Waals surface area contributed by atoms with Gasteiger partial charge >= 0.3 is 0 Å². The van der Waals surface area contributed by atoms with E-state index >= 15 is 0 Å². The number of nitrogens with one attached hydrogen (secondary N) is 1. The molecule has 0 amide bonds. The lowest BCUT2D eigenvalue weighted by molar-refractivity contribution is -0.130. The molecule has 2 saturated carbocycles. The lowest BCUT2D eigenvalue weighted by atomic mass is 9.60. The maximum Gasteiger partial charge on any atom is 0.0661 e. The summed E-state index contributed by atoms with van der Waals surface area (Å²) in [6.07, 6.45) is 9.58. The molecule has 2 atom stereocenters. The first kappa shape index (κ1) is 15.3. The van der Waals surface area contributed by atoms with E-state index < -0.39 is 0 Å². The first-order valence-electron chi connectivity index (χ1n) is 8.26. The summed E-state index contributed by atoms with van der Waals surface area (Å²) in [4.78, 5) is 0. The Morgan fingerprint density at radius 2 is 1.95 bits per heavy atom. The zero-order valence-electron chi connectivity index (χ0n) is 12.7. The van der Waals surface area contributed by atoms with Crippen molar-refractivity contribution < 1.29 is 9.47 Å². The maximum atomic E-state index is 5.93. The lowest BCUT2D eigenvalue weighted by Gasteiger charge is -2.54. The van der Waals surface area contributed by atoms with Crippen LogP contribution in [0.25, 0.3) is 0 Å². The second-order valence-electron chi connectivity index (χ2n) is 6.09. The number of unbranched alkanes of at least 4 members (excludes halogenated alkanes) is 1. The van der Waals surface area contributed by atoms with Gasteiger partial charge in [-0.1, -0.05) is 26.2 Å². The van der Waals surface area contributed by atoms with Gasteiger partial charge in [0.05, 0.1) is 12.7 Å². The predicted molar refractivity (Wildman–Crippen MR) is 78.4 cm³/mol. The van der Waals surface area contributed by atoms with Crippen LogP contribution in [0.2, 0.25) is 0 Å². The van der Waals surface area contributed by atoms with E-state index in [9.17, 15) is 0 Å². The van der Waals surface area contributed by atoms with Crippen molar-refractivity contribution in [2.24, 2.45) is 5.41 Å². The van der Waals surface area contributed by atoms with Gasteiger partial charge in [-0.2, -0.15) is 0 Å². The molecule has 2 fully saturated rings. The van der Waals surface area contributed by atoms with Crippen LogP contribution in [-0.2, 0) is 9.47 Å². The Morgan fingerprint density at radius 1 is 1.16 bits per heavy atom. The highest BCUT2D eigenvalue weighted by Crippen LogP contribution is 2.54. The van der Waals surface area contributed by atoms with Crippen LogP contribution in [0.5, 0.6) is 0 Å². The fourth-order valence-corrected chi connectivity index (χ4v) is 3.83. The van der Waals surface area contributed by atoms with Crippen LogP contribution in [0, 0.1) is 5.41 Å². The number of rotatable bonds is 9. The van der Waals surface area contributed by atoms with Gasteiger partial charge in [-0.05, 0) is 32.6 Å². The normalized spacial score (nSPS) is 28.7. The van der Waals surface area contributed by atoms with Crippen molar-refractivity contribution in [1.82, 2.24) is 5.32 Å². The zero-order chi connectivity index (χ0) is 13.6. The average molecular weight is 269 g/mol. The Hall–Kier alpha value is -0.120. The van der Waals surface area contributed by atoms with E-state index in [0.29, 0.717) is 17.6 Å². The van der Waals surface area contributed by atoms with Gasteiger partial charge in [-0.15, -0.1) is 0 Å². The number of ether oxygens (including phenoxy) is 2. The van der Waals surface area contributed by atoms with Crippen molar-refractivity contribution in [3.8, 4) is 0 Å². The Morgan fingerprint density at radius 3 is 2.63 bits per heavy atom. The second-order valence-corrected chi connectivity index (χ2v) is 6.09. The molecule has 0 aromatic heterocycles. The predicted octanol–water partition coefficient (Wildman–Crippen LogP) is 3.13. The smallest absolute Gasteiger partial charge is 0.0661 e. The molecular weight excluding hydrogens is 238 g/mol. The minimum Gasteiger partial charge on any atom is -0.380 e. The van der Waals surface area contributed by atoms with Crippen molar-refractivity contribution >= 4 is 0 Å². The summed E-state index contributed by atoms with van der Waals surface area (Å²) < 4.78 is 11.6. The highest BCUT2D eigenvalue weighted by Gasteiger charge is 2.56. The van der Waals surface area contributed by atoms with Gasteiger partial charge in [-0.25, -0.2) is 0 Å². The van der Waals surface area contributed by atoms with E-state index in [1.807, 2.05) is 0 Å². The van der Waals surface area contributed by atoms with Gasteiger partial charge in [-0.3, -0.25) is 0 Å². The summed E-state index contributed by atoms with van der Waals surface area (Å²) in [6, 6.07) is 0.668. The van der Waals surface area contributed by atoms with E-state index in [4.69, 9.17) is 9.47 Å². The van der Waals surface area contributed by atoms with Gasteiger partial charge < -0.3 is 14.8 Å². The molecule has 0 saturated heterocycles. The third-order valence-electron chi connectivity index (χ3n) is 4.97. The first-order valence-corrected chi connectivity index (χ1v) is 8.26. The van der Waals surface area contributed by atoms with E-state index in [0.717, 1.165) is 26.4 Å². The second kappa shape index (κ2) is 7.61. The van der Waals surface area contributed by atoms with Gasteiger partial charge in [0.15, 0.2) is 0 Å². The quantitative estimate of drug-likeness (QED) is 0.652. The van der Waals surface area contributed by atoms with Crippen LogP contribution >= 0.6 is 0 Å². The third kappa shape index (κ3) is 3.50. The average Bonchev–Trinajstić information content (AvgIpc) is 2.92. The highest BCUT2D eigenvalue weighted by atomic mass is 16.5. The van der Waals surface area contributed by atoms with E-state index in [-0.39, 0.29) is 0 Å². The minimum absolute atomic E-state index is 0.458. The molecule has 2 unspecified atom stereocenters. The van der Waals surface area contributed by atoms with Gasteiger partial charge in [0.1, 0.15) is 0 Å². The Bertz CT molecular complexity index is 251. The highest BCUT2D eigenvalue weighted by molar-refractivity contribution is 5.09. The van der Waals surface area contributed by atoms with Crippen molar-refractivity contribution in [3.05, 3.63) is 0 Å². The molecule has 2 rings (SSSR count). The van der Waals surface area contributed by atoms with E-state index in [2.05, 4.69) is 19.2 Å². The monoisotopic (exact) mass is 269 g/mol. The van der Waals surface area contributed by atoms with Crippen LogP contribution in [0.1, 0.15) is 58.8 Å². The van der Waals surface area contributed by atoms with Gasteiger partial charge in [0, 0.05) is 31.2 Å². The molecule has 0 heterocycles. The molecule has 0 aliphatic heterocycles. The molecule has 3 heteroatoms. The number of hydrogen-bond acceptors (Lipinski definition) is 3. The summed E-state index contributed by atoms with van der Waals surface area (Å²) in [7, 11) is 0. The van der Waals surface area contributed by atoms with Crippen LogP contribution in [0.15, 0.2) is 0 Å². The van der Waals surface area contributed by atoms with Gasteiger partial charge in [0.2, 0.25) is 0 Å². The summed E-state index contributed by atoms with van der Waals surface area (Å²) >= 11 is 0. The molecule has 2 aliphatic carbocycles. The SMILES string of the molecule is CCCCOCCNC1CC(OCC)C12CCCC2. The molecule has 19 heavy (non-hydrogen) atoms. The fraction of sp³-hybridized carbons (Fsp3) is 1.00. The molecule has 2 aliphatic rings. The third-order valence-corrected chi connectivity index (χ3v) is 4.97. The summed E-state index contributed by atoms with van der Waals surface area (Å²) in [5.41, 5.74) is 0.458. The fourth-order valence-electron chi connectivity index (χ4n) is 3.83. The molecule has 1 spiro atoms. The van der Waals surface area contributed by atoms with Crippen LogP contribution in [-0.4, -0.2) is 38.5 Å². The summed E-state index contributed by atoms with van der Waals surface area (Å²) in [6.45, 7) is 7.94. The molecule has 0 aromatic carbocycles. The molecule has 3 nitrogen and oxygen atoms in total. The Labute approximate surface area is 118 Å². The van der Waals surface area contributed by atoms with E-state index in [1.165, 1.54) is 44.9 Å². The van der Waals surface area contributed by atoms with E-state index in [1.54, 1.807) is 0 Å². The summed E-state index contributed by atoms with van der Waals surface area (Å²) in [5.74, 6) is 0. The van der Waals surface area contributed by atoms with Crippen molar-refractivity contribution in [2.75, 3.05) is 26.4 Å². The number of hydrogen-bond donors (Lipinski definition) is 1. The van der Waals surface area contributed by atoms with Crippen molar-refractivity contribution in [1.29, 1.82) is 0 Å². The minimum atomic E-state index is 0.458. The maximum absolute atomic E-state index is 5.93. The largest absolute Gasteiger partial charge is 0.380 e. The van der Waals surface area contributed by atoms with Crippen LogP contribution < -0.4 is 5.32 Å². The Balaban J connectivity index is 1.66. The standard InChI is InChI=1S/C16H31NO2/c1-3-5-11-18-12-10-17-14-13-15(19-4-2)16(14)8-6-7-9-16/h14-15,17H,3-13H2,1-2H3. The summed E-state index contributed by atoms with van der Waals surface area (Å²) in [5, 5.41) is 3.71. The molecule has 1 N–H and O–H groups in total. The molecule has 112 valence electrons. The molecular formula is C16H31NO2. The molecule has 0 aromatic rings. The van der Waals surface area contributed by atoms with Crippen LogP contribution in [0.3, 0.4) is 0 Å². The topological polar surface area (TPSA) is 30.5 Å². The Kier molecular flexibility index (Phi) is 6.11.